The van der Waals surface area contributed by atoms with E-state index in [4.69, 9.17) is 0 Å². The molecule has 8 nitrogen and oxygen atoms in total. The van der Waals surface area contributed by atoms with E-state index in [-0.39, 0.29) is 24.5 Å². The van der Waals surface area contributed by atoms with Gasteiger partial charge in [0.2, 0.25) is 5.91 Å². The summed E-state index contributed by atoms with van der Waals surface area (Å²) in [7, 11) is 0. The molecule has 0 fully saturated rings. The first-order valence-corrected chi connectivity index (χ1v) is 10.9. The van der Waals surface area contributed by atoms with Crippen LogP contribution in [-0.4, -0.2) is 24.8 Å². The summed E-state index contributed by atoms with van der Waals surface area (Å²) in [5.41, 5.74) is 4.06. The predicted octanol–water partition coefficient (Wildman–Crippen LogP) is 2.99. The van der Waals surface area contributed by atoms with Gasteiger partial charge in [0, 0.05) is 18.4 Å². The van der Waals surface area contributed by atoms with E-state index >= 15 is 0 Å². The molecule has 2 aromatic carbocycles. The highest BCUT2D eigenvalue weighted by atomic mass is 16.2. The third kappa shape index (κ3) is 4.50. The van der Waals surface area contributed by atoms with Crippen molar-refractivity contribution >= 4 is 22.6 Å². The summed E-state index contributed by atoms with van der Waals surface area (Å²) in [5.74, 6) is -0.350. The maximum atomic E-state index is 13.4. The zero-order chi connectivity index (χ0) is 23.7. The van der Waals surface area contributed by atoms with E-state index in [0.29, 0.717) is 17.7 Å². The molecule has 1 amide bonds. The minimum atomic E-state index is -0.542. The Morgan fingerprint density at radius 1 is 0.970 bits per heavy atom. The van der Waals surface area contributed by atoms with Gasteiger partial charge in [-0.25, -0.2) is 4.79 Å². The van der Waals surface area contributed by atoms with E-state index in [9.17, 15) is 14.4 Å². The van der Waals surface area contributed by atoms with Gasteiger partial charge in [0.25, 0.3) is 5.56 Å². The van der Waals surface area contributed by atoms with Crippen molar-refractivity contribution in [2.75, 3.05) is 5.32 Å². The molecular formula is C25H27N5O3. The van der Waals surface area contributed by atoms with Gasteiger partial charge < -0.3 is 5.32 Å². The summed E-state index contributed by atoms with van der Waals surface area (Å²) in [4.78, 5) is 39.4. The second-order valence-electron chi connectivity index (χ2n) is 8.33. The Labute approximate surface area is 191 Å². The molecule has 0 saturated carbocycles. The van der Waals surface area contributed by atoms with Crippen LogP contribution in [0.2, 0.25) is 0 Å². The van der Waals surface area contributed by atoms with E-state index in [2.05, 4.69) is 10.4 Å². The zero-order valence-corrected chi connectivity index (χ0v) is 19.3. The summed E-state index contributed by atoms with van der Waals surface area (Å²) in [6, 6.07) is 13.4. The maximum absolute atomic E-state index is 13.4. The molecule has 0 aliphatic heterocycles. The number of hydrogen-bond donors (Lipinski definition) is 1. The lowest BCUT2D eigenvalue weighted by Crippen LogP contribution is -2.41. The molecule has 0 aliphatic rings. The van der Waals surface area contributed by atoms with Gasteiger partial charge in [-0.05, 0) is 50.5 Å². The van der Waals surface area contributed by atoms with E-state index in [1.807, 2.05) is 70.2 Å². The number of hydrogen-bond acceptors (Lipinski definition) is 4. The Morgan fingerprint density at radius 3 is 2.36 bits per heavy atom. The Morgan fingerprint density at radius 2 is 1.67 bits per heavy atom. The minimum absolute atomic E-state index is 0.103. The maximum Gasteiger partial charge on any atom is 0.332 e. The average molecular weight is 446 g/mol. The second-order valence-corrected chi connectivity index (χ2v) is 8.33. The lowest BCUT2D eigenvalue weighted by atomic mass is 10.1. The molecule has 0 unspecified atom stereocenters. The molecule has 0 saturated heterocycles. The van der Waals surface area contributed by atoms with Crippen molar-refractivity contribution in [3.63, 3.8) is 0 Å². The van der Waals surface area contributed by atoms with E-state index in [1.165, 1.54) is 4.57 Å². The number of amides is 1. The number of benzene rings is 2. The zero-order valence-electron chi connectivity index (χ0n) is 19.3. The number of fused-ring (bicyclic) bond motifs is 1. The van der Waals surface area contributed by atoms with Crippen LogP contribution in [0.1, 0.15) is 29.2 Å². The molecule has 0 spiro atoms. The minimum Gasteiger partial charge on any atom is -0.324 e. The van der Waals surface area contributed by atoms with Gasteiger partial charge in [0.15, 0.2) is 5.52 Å². The average Bonchev–Trinajstić information content (AvgIpc) is 3.23. The van der Waals surface area contributed by atoms with Gasteiger partial charge >= 0.3 is 5.69 Å². The van der Waals surface area contributed by atoms with Crippen LogP contribution < -0.4 is 16.6 Å². The highest BCUT2D eigenvalue weighted by molar-refractivity contribution is 5.92. The SMILES string of the molecule is CCn1cc2c(n1)c(=O)n(Cc1ccc(C)cc1)c(=O)n2CC(=O)Nc1cc(C)ccc1C. The van der Waals surface area contributed by atoms with Crippen molar-refractivity contribution in [2.45, 2.75) is 47.3 Å². The highest BCUT2D eigenvalue weighted by Gasteiger charge is 2.19. The molecule has 0 radical (unpaired) electrons. The topological polar surface area (TPSA) is 90.9 Å². The summed E-state index contributed by atoms with van der Waals surface area (Å²) >= 11 is 0. The van der Waals surface area contributed by atoms with Crippen molar-refractivity contribution in [3.05, 3.63) is 91.8 Å². The molecular weight excluding hydrogens is 418 g/mol. The smallest absolute Gasteiger partial charge is 0.324 e. The number of anilines is 1. The molecule has 4 aromatic rings. The first kappa shape index (κ1) is 22.3. The van der Waals surface area contributed by atoms with Crippen LogP contribution in [0, 0.1) is 20.8 Å². The van der Waals surface area contributed by atoms with Gasteiger partial charge in [-0.1, -0.05) is 42.0 Å². The van der Waals surface area contributed by atoms with Crippen LogP contribution in [0.4, 0.5) is 5.69 Å². The van der Waals surface area contributed by atoms with Crippen LogP contribution in [0.3, 0.4) is 0 Å². The van der Waals surface area contributed by atoms with Crippen molar-refractivity contribution in [1.82, 2.24) is 18.9 Å². The number of aromatic nitrogens is 4. The number of rotatable bonds is 6. The van der Waals surface area contributed by atoms with Gasteiger partial charge in [0.05, 0.1) is 12.1 Å². The second kappa shape index (κ2) is 8.90. The molecule has 2 aromatic heterocycles. The van der Waals surface area contributed by atoms with Crippen molar-refractivity contribution < 1.29 is 4.79 Å². The predicted molar refractivity (Wildman–Crippen MR) is 129 cm³/mol. The Bertz CT molecular complexity index is 1460. The van der Waals surface area contributed by atoms with Gasteiger partial charge in [-0.15, -0.1) is 0 Å². The molecule has 0 aliphatic carbocycles. The number of nitrogens with zero attached hydrogens (tertiary/aromatic N) is 4. The van der Waals surface area contributed by atoms with Crippen LogP contribution in [-0.2, 0) is 24.4 Å². The fourth-order valence-electron chi connectivity index (χ4n) is 3.76. The Balaban J connectivity index is 1.77. The molecule has 2 heterocycles. The fourth-order valence-corrected chi connectivity index (χ4v) is 3.76. The summed E-state index contributed by atoms with van der Waals surface area (Å²) in [6.07, 6.45) is 1.64. The van der Waals surface area contributed by atoms with Crippen LogP contribution in [0.15, 0.2) is 58.3 Å². The molecule has 0 bridgehead atoms. The lowest BCUT2D eigenvalue weighted by Gasteiger charge is -2.13. The highest BCUT2D eigenvalue weighted by Crippen LogP contribution is 2.16. The number of carbonyl (C=O) groups is 1. The molecule has 8 heteroatoms. The molecule has 0 atom stereocenters. The molecule has 33 heavy (non-hydrogen) atoms. The standard InChI is InChI=1S/C25H27N5O3/c1-5-28-14-21-23(27-28)24(32)30(13-19-10-7-16(2)8-11-19)25(33)29(21)15-22(31)26-20-12-17(3)6-9-18(20)4/h6-12,14H,5,13,15H2,1-4H3,(H,26,31). The summed E-state index contributed by atoms with van der Waals surface area (Å²) in [6.45, 7) is 8.13. The van der Waals surface area contributed by atoms with Crippen LogP contribution in [0.25, 0.3) is 11.0 Å². The van der Waals surface area contributed by atoms with E-state index in [1.54, 1.807) is 10.9 Å². The van der Waals surface area contributed by atoms with Crippen molar-refractivity contribution in [2.24, 2.45) is 0 Å². The lowest BCUT2D eigenvalue weighted by molar-refractivity contribution is -0.116. The summed E-state index contributed by atoms with van der Waals surface area (Å²) in [5, 5.41) is 7.25. The monoisotopic (exact) mass is 445 g/mol. The Hall–Kier alpha value is -3.94. The quantitative estimate of drug-likeness (QED) is 0.494. The third-order valence-electron chi connectivity index (χ3n) is 5.70. The van der Waals surface area contributed by atoms with Gasteiger partial charge in [-0.2, -0.15) is 5.10 Å². The number of carbonyl (C=O) groups excluding carboxylic acids is 1. The van der Waals surface area contributed by atoms with Crippen molar-refractivity contribution in [3.8, 4) is 0 Å². The molecule has 4 rings (SSSR count). The normalized spacial score (nSPS) is 11.2. The van der Waals surface area contributed by atoms with Crippen molar-refractivity contribution in [1.29, 1.82) is 0 Å². The third-order valence-corrected chi connectivity index (χ3v) is 5.70. The number of aryl methyl sites for hydroxylation is 4. The van der Waals surface area contributed by atoms with E-state index in [0.717, 1.165) is 26.8 Å². The number of nitrogens with one attached hydrogen (secondary N) is 1. The summed E-state index contributed by atoms with van der Waals surface area (Å²) < 4.78 is 4.07. The van der Waals surface area contributed by atoms with Gasteiger partial charge in [0.1, 0.15) is 6.54 Å². The van der Waals surface area contributed by atoms with Crippen LogP contribution >= 0.6 is 0 Å². The largest absolute Gasteiger partial charge is 0.332 e. The Kier molecular flexibility index (Phi) is 6.00. The first-order chi connectivity index (χ1) is 15.8. The fraction of sp³-hybridized carbons (Fsp3) is 0.280. The van der Waals surface area contributed by atoms with Gasteiger partial charge in [-0.3, -0.25) is 23.4 Å². The van der Waals surface area contributed by atoms with E-state index < -0.39 is 11.2 Å². The molecule has 1 N–H and O–H groups in total. The molecule has 170 valence electrons. The van der Waals surface area contributed by atoms with Crippen LogP contribution in [0.5, 0.6) is 0 Å². The first-order valence-electron chi connectivity index (χ1n) is 10.9.